The van der Waals surface area contributed by atoms with Crippen molar-refractivity contribution in [2.24, 2.45) is 5.73 Å². The molecule has 4 nitrogen and oxygen atoms in total. The molecule has 0 heterocycles. The van der Waals surface area contributed by atoms with E-state index in [1.165, 1.54) is 6.92 Å². The van der Waals surface area contributed by atoms with Gasteiger partial charge in [0.25, 0.3) is 0 Å². The molecule has 0 fully saturated rings. The normalized spacial score (nSPS) is 14.9. The number of hydrogen-bond acceptors (Lipinski definition) is 4. The number of ether oxygens (including phenoxy) is 1. The quantitative estimate of drug-likeness (QED) is 0.474. The van der Waals surface area contributed by atoms with Crippen LogP contribution in [0.15, 0.2) is 0 Å². The van der Waals surface area contributed by atoms with Crippen LogP contribution < -0.4 is 5.73 Å². The highest BCUT2D eigenvalue weighted by atomic mass is 16.5. The maximum absolute atomic E-state index is 11.1. The smallest absolute Gasteiger partial charge is 0.308 e. The maximum atomic E-state index is 11.1. The van der Waals surface area contributed by atoms with Gasteiger partial charge in [0.15, 0.2) is 0 Å². The van der Waals surface area contributed by atoms with Crippen molar-refractivity contribution in [1.29, 1.82) is 0 Å². The van der Waals surface area contributed by atoms with E-state index in [9.17, 15) is 9.90 Å². The number of aliphatic hydroxyl groups is 1. The maximum Gasteiger partial charge on any atom is 0.308 e. The Morgan fingerprint density at radius 2 is 2.14 bits per heavy atom. The standard InChI is InChI=1S/C10H21NO3/c1-3-4-5-6-14-9(12)7-10(2,13)8-11/h13H,3-8,11H2,1-2H3. The topological polar surface area (TPSA) is 72.5 Å². The summed E-state index contributed by atoms with van der Waals surface area (Å²) in [5, 5.41) is 9.47. The number of nitrogens with two attached hydrogens (primary N) is 1. The number of rotatable bonds is 7. The van der Waals surface area contributed by atoms with E-state index in [1.54, 1.807) is 0 Å². The summed E-state index contributed by atoms with van der Waals surface area (Å²) in [6.07, 6.45) is 3.00. The van der Waals surface area contributed by atoms with Crippen molar-refractivity contribution in [2.45, 2.75) is 45.1 Å². The Bertz CT molecular complexity index is 169. The van der Waals surface area contributed by atoms with Crippen LogP contribution in [-0.2, 0) is 9.53 Å². The summed E-state index contributed by atoms with van der Waals surface area (Å²) in [5.41, 5.74) is 4.14. The predicted octanol–water partition coefficient (Wildman–Crippen LogP) is 0.820. The fourth-order valence-corrected chi connectivity index (χ4v) is 0.972. The summed E-state index contributed by atoms with van der Waals surface area (Å²) in [6.45, 7) is 4.12. The number of esters is 1. The van der Waals surface area contributed by atoms with Gasteiger partial charge in [-0.05, 0) is 13.3 Å². The summed E-state index contributed by atoms with van der Waals surface area (Å²) in [7, 11) is 0. The number of unbranched alkanes of at least 4 members (excludes halogenated alkanes) is 2. The first-order valence-corrected chi connectivity index (χ1v) is 5.10. The van der Waals surface area contributed by atoms with Crippen LogP contribution in [0.2, 0.25) is 0 Å². The zero-order chi connectivity index (χ0) is 11.0. The highest BCUT2D eigenvalue weighted by molar-refractivity contribution is 5.70. The molecule has 0 aromatic carbocycles. The van der Waals surface area contributed by atoms with Gasteiger partial charge in [0.05, 0.1) is 18.6 Å². The molecule has 0 amide bonds. The summed E-state index contributed by atoms with van der Waals surface area (Å²) >= 11 is 0. The molecule has 84 valence electrons. The molecule has 0 rings (SSSR count). The zero-order valence-electron chi connectivity index (χ0n) is 9.08. The highest BCUT2D eigenvalue weighted by Gasteiger charge is 2.23. The Kier molecular flexibility index (Phi) is 6.49. The second-order valence-corrected chi connectivity index (χ2v) is 3.81. The van der Waals surface area contributed by atoms with Gasteiger partial charge in [-0.1, -0.05) is 19.8 Å². The minimum absolute atomic E-state index is 0.0321. The fourth-order valence-electron chi connectivity index (χ4n) is 0.972. The lowest BCUT2D eigenvalue weighted by atomic mass is 10.0. The molecule has 0 saturated carbocycles. The van der Waals surface area contributed by atoms with E-state index in [0.717, 1.165) is 19.3 Å². The van der Waals surface area contributed by atoms with Crippen molar-refractivity contribution in [3.8, 4) is 0 Å². The highest BCUT2D eigenvalue weighted by Crippen LogP contribution is 2.08. The molecule has 0 radical (unpaired) electrons. The van der Waals surface area contributed by atoms with Gasteiger partial charge in [-0.25, -0.2) is 0 Å². The van der Waals surface area contributed by atoms with Crippen molar-refractivity contribution < 1.29 is 14.6 Å². The van der Waals surface area contributed by atoms with Gasteiger partial charge in [-0.2, -0.15) is 0 Å². The van der Waals surface area contributed by atoms with Crippen molar-refractivity contribution in [1.82, 2.24) is 0 Å². The van der Waals surface area contributed by atoms with Gasteiger partial charge in [-0.3, -0.25) is 4.79 Å². The van der Waals surface area contributed by atoms with Gasteiger partial charge in [-0.15, -0.1) is 0 Å². The Morgan fingerprint density at radius 3 is 2.64 bits per heavy atom. The van der Waals surface area contributed by atoms with Gasteiger partial charge < -0.3 is 15.6 Å². The van der Waals surface area contributed by atoms with Crippen LogP contribution in [-0.4, -0.2) is 29.8 Å². The molecule has 0 aromatic heterocycles. The average molecular weight is 203 g/mol. The van der Waals surface area contributed by atoms with Crippen molar-refractivity contribution in [3.05, 3.63) is 0 Å². The monoisotopic (exact) mass is 203 g/mol. The van der Waals surface area contributed by atoms with Crippen molar-refractivity contribution in [3.63, 3.8) is 0 Å². The van der Waals surface area contributed by atoms with Gasteiger partial charge in [0.1, 0.15) is 0 Å². The van der Waals surface area contributed by atoms with E-state index < -0.39 is 5.60 Å². The molecule has 1 unspecified atom stereocenters. The van der Waals surface area contributed by atoms with Crippen LogP contribution in [0, 0.1) is 0 Å². The summed E-state index contributed by atoms with van der Waals surface area (Å²) in [5.74, 6) is -0.378. The minimum Gasteiger partial charge on any atom is -0.466 e. The lowest BCUT2D eigenvalue weighted by Crippen LogP contribution is -2.37. The predicted molar refractivity (Wildman–Crippen MR) is 54.8 cm³/mol. The van der Waals surface area contributed by atoms with Crippen molar-refractivity contribution >= 4 is 5.97 Å². The molecule has 0 saturated heterocycles. The van der Waals surface area contributed by atoms with Crippen LogP contribution >= 0.6 is 0 Å². The van der Waals surface area contributed by atoms with E-state index in [2.05, 4.69) is 6.92 Å². The molecule has 0 aliphatic carbocycles. The van der Waals surface area contributed by atoms with Crippen LogP contribution in [0.4, 0.5) is 0 Å². The Morgan fingerprint density at radius 1 is 1.50 bits per heavy atom. The first kappa shape index (κ1) is 13.4. The van der Waals surface area contributed by atoms with Crippen LogP contribution in [0.5, 0.6) is 0 Å². The Hall–Kier alpha value is -0.610. The second kappa shape index (κ2) is 6.79. The van der Waals surface area contributed by atoms with Crippen LogP contribution in [0.25, 0.3) is 0 Å². The van der Waals surface area contributed by atoms with Crippen LogP contribution in [0.3, 0.4) is 0 Å². The van der Waals surface area contributed by atoms with Gasteiger partial charge >= 0.3 is 5.97 Å². The number of carbonyl (C=O) groups is 1. The van der Waals surface area contributed by atoms with Gasteiger partial charge in [0, 0.05) is 6.54 Å². The number of carbonyl (C=O) groups excluding carboxylic acids is 1. The summed E-state index contributed by atoms with van der Waals surface area (Å²) in [6, 6.07) is 0. The molecule has 0 bridgehead atoms. The summed E-state index contributed by atoms with van der Waals surface area (Å²) < 4.78 is 4.93. The lowest BCUT2D eigenvalue weighted by Gasteiger charge is -2.19. The largest absolute Gasteiger partial charge is 0.466 e. The molecule has 1 atom stereocenters. The van der Waals surface area contributed by atoms with E-state index in [1.807, 2.05) is 0 Å². The third-order valence-electron chi connectivity index (χ3n) is 1.98. The molecule has 4 heteroatoms. The summed E-state index contributed by atoms with van der Waals surface area (Å²) in [4.78, 5) is 11.1. The Labute approximate surface area is 85.4 Å². The first-order chi connectivity index (χ1) is 6.52. The molecule has 3 N–H and O–H groups in total. The van der Waals surface area contributed by atoms with E-state index >= 15 is 0 Å². The van der Waals surface area contributed by atoms with Crippen molar-refractivity contribution in [2.75, 3.05) is 13.2 Å². The SMILES string of the molecule is CCCCCOC(=O)CC(C)(O)CN. The fraction of sp³-hybridized carbons (Fsp3) is 0.900. The third-order valence-corrected chi connectivity index (χ3v) is 1.98. The molecular weight excluding hydrogens is 182 g/mol. The minimum atomic E-state index is -1.14. The molecule has 0 aliphatic rings. The molecule has 0 spiro atoms. The Balaban J connectivity index is 3.55. The number of hydrogen-bond donors (Lipinski definition) is 2. The third kappa shape index (κ3) is 6.86. The van der Waals surface area contributed by atoms with Crippen LogP contribution in [0.1, 0.15) is 39.5 Å². The second-order valence-electron chi connectivity index (χ2n) is 3.81. The first-order valence-electron chi connectivity index (χ1n) is 5.10. The average Bonchev–Trinajstić information content (AvgIpc) is 2.12. The molecular formula is C10H21NO3. The lowest BCUT2D eigenvalue weighted by molar-refractivity contribution is -0.148. The van der Waals surface area contributed by atoms with E-state index in [0.29, 0.717) is 6.61 Å². The molecule has 0 aromatic rings. The molecule has 14 heavy (non-hydrogen) atoms. The van der Waals surface area contributed by atoms with E-state index in [4.69, 9.17) is 10.5 Å². The van der Waals surface area contributed by atoms with Gasteiger partial charge in [0.2, 0.25) is 0 Å². The molecule has 0 aliphatic heterocycles. The van der Waals surface area contributed by atoms with E-state index in [-0.39, 0.29) is 18.9 Å². The zero-order valence-corrected chi connectivity index (χ0v) is 9.08.